The van der Waals surface area contributed by atoms with Crippen molar-refractivity contribution in [3.63, 3.8) is 0 Å². The molecule has 5 heteroatoms. The monoisotopic (exact) mass is 226 g/mol. The maximum Gasteiger partial charge on any atom is 0.319 e. The van der Waals surface area contributed by atoms with E-state index in [1.54, 1.807) is 20.0 Å². The standard InChI is InChI=1S/C10H14N2O2S/c1-6-5-11-7(2)8(12-6)15-10(3,4)9(13)14/h5H,1-4H3,(H,13,14). The predicted molar refractivity (Wildman–Crippen MR) is 59.1 cm³/mol. The van der Waals surface area contributed by atoms with Gasteiger partial charge in [-0.15, -0.1) is 0 Å². The fourth-order valence-corrected chi connectivity index (χ4v) is 1.86. The average molecular weight is 226 g/mol. The molecular weight excluding hydrogens is 212 g/mol. The first-order chi connectivity index (χ1) is 6.83. The number of aromatic nitrogens is 2. The molecule has 1 heterocycles. The van der Waals surface area contributed by atoms with Crippen LogP contribution >= 0.6 is 11.8 Å². The second-order valence-corrected chi connectivity index (χ2v) is 5.43. The molecule has 1 rings (SSSR count). The molecular formula is C10H14N2O2S. The highest BCUT2D eigenvalue weighted by Crippen LogP contribution is 2.32. The van der Waals surface area contributed by atoms with Crippen LogP contribution in [0.3, 0.4) is 0 Å². The van der Waals surface area contributed by atoms with Gasteiger partial charge in [0.2, 0.25) is 0 Å². The van der Waals surface area contributed by atoms with Crippen LogP contribution in [-0.4, -0.2) is 25.8 Å². The Balaban J connectivity index is 2.99. The molecule has 1 aromatic rings. The lowest BCUT2D eigenvalue weighted by atomic mass is 10.2. The number of aliphatic carboxylic acids is 1. The van der Waals surface area contributed by atoms with Crippen LogP contribution in [-0.2, 0) is 4.79 Å². The number of hydrogen-bond acceptors (Lipinski definition) is 4. The highest BCUT2D eigenvalue weighted by molar-refractivity contribution is 8.01. The normalized spacial score (nSPS) is 11.5. The molecule has 0 saturated carbocycles. The van der Waals surface area contributed by atoms with Crippen LogP contribution in [0.5, 0.6) is 0 Å². The zero-order chi connectivity index (χ0) is 11.6. The van der Waals surface area contributed by atoms with Crippen LogP contribution in [0.1, 0.15) is 25.2 Å². The van der Waals surface area contributed by atoms with Gasteiger partial charge in [0.15, 0.2) is 0 Å². The molecule has 0 atom stereocenters. The third-order valence-electron chi connectivity index (χ3n) is 1.90. The van der Waals surface area contributed by atoms with Gasteiger partial charge < -0.3 is 5.11 Å². The summed E-state index contributed by atoms with van der Waals surface area (Å²) in [6.07, 6.45) is 1.67. The molecule has 1 aromatic heterocycles. The predicted octanol–water partition coefficient (Wildman–Crippen LogP) is 2.05. The van der Waals surface area contributed by atoms with Gasteiger partial charge in [0, 0.05) is 6.20 Å². The van der Waals surface area contributed by atoms with Crippen LogP contribution in [0.15, 0.2) is 11.2 Å². The van der Waals surface area contributed by atoms with Gasteiger partial charge in [0.05, 0.1) is 11.4 Å². The van der Waals surface area contributed by atoms with Gasteiger partial charge >= 0.3 is 5.97 Å². The third kappa shape index (κ3) is 2.92. The van der Waals surface area contributed by atoms with E-state index in [0.717, 1.165) is 11.4 Å². The molecule has 0 radical (unpaired) electrons. The first kappa shape index (κ1) is 12.0. The van der Waals surface area contributed by atoms with Gasteiger partial charge in [-0.2, -0.15) is 0 Å². The van der Waals surface area contributed by atoms with Crippen molar-refractivity contribution in [2.75, 3.05) is 0 Å². The van der Waals surface area contributed by atoms with E-state index in [1.165, 1.54) is 11.8 Å². The summed E-state index contributed by atoms with van der Waals surface area (Å²) in [4.78, 5) is 19.4. The van der Waals surface area contributed by atoms with Gasteiger partial charge in [-0.25, -0.2) is 4.98 Å². The number of carboxylic acids is 1. The maximum atomic E-state index is 11.0. The Labute approximate surface area is 93.1 Å². The summed E-state index contributed by atoms with van der Waals surface area (Å²) in [5, 5.41) is 9.68. The van der Waals surface area contributed by atoms with Crippen molar-refractivity contribution < 1.29 is 9.90 Å². The Kier molecular flexibility index (Phi) is 3.34. The highest BCUT2D eigenvalue weighted by atomic mass is 32.2. The zero-order valence-corrected chi connectivity index (χ0v) is 10.1. The summed E-state index contributed by atoms with van der Waals surface area (Å²) in [7, 11) is 0. The van der Waals surface area contributed by atoms with Crippen molar-refractivity contribution in [1.29, 1.82) is 0 Å². The Morgan fingerprint density at radius 1 is 1.47 bits per heavy atom. The van der Waals surface area contributed by atoms with Crippen molar-refractivity contribution in [3.8, 4) is 0 Å². The number of hydrogen-bond donors (Lipinski definition) is 1. The molecule has 82 valence electrons. The van der Waals surface area contributed by atoms with Crippen LogP contribution in [0, 0.1) is 13.8 Å². The van der Waals surface area contributed by atoms with Crippen molar-refractivity contribution in [2.45, 2.75) is 37.5 Å². The zero-order valence-electron chi connectivity index (χ0n) is 9.24. The summed E-state index contributed by atoms with van der Waals surface area (Å²) in [6.45, 7) is 6.98. The Hall–Kier alpha value is -1.10. The van der Waals surface area contributed by atoms with E-state index < -0.39 is 10.7 Å². The first-order valence-electron chi connectivity index (χ1n) is 4.55. The van der Waals surface area contributed by atoms with Crippen molar-refractivity contribution >= 4 is 17.7 Å². The Morgan fingerprint density at radius 2 is 2.07 bits per heavy atom. The molecule has 1 N–H and O–H groups in total. The van der Waals surface area contributed by atoms with Gasteiger partial charge in [-0.05, 0) is 27.7 Å². The molecule has 0 spiro atoms. The van der Waals surface area contributed by atoms with Gasteiger partial charge in [-0.1, -0.05) is 11.8 Å². The quantitative estimate of drug-likeness (QED) is 0.799. The minimum Gasteiger partial charge on any atom is -0.480 e. The van der Waals surface area contributed by atoms with E-state index in [0.29, 0.717) is 5.03 Å². The molecule has 0 amide bonds. The van der Waals surface area contributed by atoms with Crippen LogP contribution < -0.4 is 0 Å². The molecule has 0 bridgehead atoms. The smallest absolute Gasteiger partial charge is 0.319 e. The lowest BCUT2D eigenvalue weighted by molar-refractivity contribution is -0.138. The SMILES string of the molecule is Cc1cnc(C)c(SC(C)(C)C(=O)O)n1. The third-order valence-corrected chi connectivity index (χ3v) is 3.16. The molecule has 0 aliphatic rings. The Bertz CT molecular complexity index is 391. The van der Waals surface area contributed by atoms with E-state index in [-0.39, 0.29) is 0 Å². The number of aryl methyl sites for hydroxylation is 2. The molecule has 0 aliphatic heterocycles. The van der Waals surface area contributed by atoms with E-state index in [1.807, 2.05) is 13.8 Å². The summed E-state index contributed by atoms with van der Waals surface area (Å²) >= 11 is 1.22. The Morgan fingerprint density at radius 3 is 2.60 bits per heavy atom. The summed E-state index contributed by atoms with van der Waals surface area (Å²) in [5.74, 6) is -0.852. The summed E-state index contributed by atoms with van der Waals surface area (Å²) in [6, 6.07) is 0. The number of thioether (sulfide) groups is 1. The van der Waals surface area contributed by atoms with E-state index >= 15 is 0 Å². The van der Waals surface area contributed by atoms with Crippen molar-refractivity contribution in [2.24, 2.45) is 0 Å². The lowest BCUT2D eigenvalue weighted by Crippen LogP contribution is -2.27. The molecule has 0 aromatic carbocycles. The minimum absolute atomic E-state index is 0.683. The molecule has 0 saturated heterocycles. The maximum absolute atomic E-state index is 11.0. The molecule has 15 heavy (non-hydrogen) atoms. The van der Waals surface area contributed by atoms with Gasteiger partial charge in [0.1, 0.15) is 9.77 Å². The van der Waals surface area contributed by atoms with Crippen LogP contribution in [0.4, 0.5) is 0 Å². The largest absolute Gasteiger partial charge is 0.480 e. The fraction of sp³-hybridized carbons (Fsp3) is 0.500. The summed E-state index contributed by atoms with van der Waals surface area (Å²) < 4.78 is -0.882. The van der Waals surface area contributed by atoms with Crippen molar-refractivity contribution in [3.05, 3.63) is 17.6 Å². The van der Waals surface area contributed by atoms with Crippen LogP contribution in [0.25, 0.3) is 0 Å². The number of rotatable bonds is 3. The fourth-order valence-electron chi connectivity index (χ4n) is 0.897. The minimum atomic E-state index is -0.882. The van der Waals surface area contributed by atoms with Gasteiger partial charge in [-0.3, -0.25) is 9.78 Å². The summed E-state index contributed by atoms with van der Waals surface area (Å²) in [5.41, 5.74) is 1.56. The number of carboxylic acid groups (broad SMARTS) is 1. The van der Waals surface area contributed by atoms with Crippen molar-refractivity contribution in [1.82, 2.24) is 9.97 Å². The second-order valence-electron chi connectivity index (χ2n) is 3.82. The van der Waals surface area contributed by atoms with Gasteiger partial charge in [0.25, 0.3) is 0 Å². The molecule has 0 unspecified atom stereocenters. The second kappa shape index (κ2) is 4.18. The van der Waals surface area contributed by atoms with Crippen LogP contribution in [0.2, 0.25) is 0 Å². The first-order valence-corrected chi connectivity index (χ1v) is 5.37. The topological polar surface area (TPSA) is 63.1 Å². The number of nitrogens with zero attached hydrogens (tertiary/aromatic N) is 2. The molecule has 0 aliphatic carbocycles. The average Bonchev–Trinajstić information content (AvgIpc) is 2.10. The lowest BCUT2D eigenvalue weighted by Gasteiger charge is -2.18. The van der Waals surface area contributed by atoms with E-state index in [2.05, 4.69) is 9.97 Å². The van der Waals surface area contributed by atoms with E-state index in [9.17, 15) is 4.79 Å². The highest BCUT2D eigenvalue weighted by Gasteiger charge is 2.29. The molecule has 0 fully saturated rings. The molecule has 4 nitrogen and oxygen atoms in total. The van der Waals surface area contributed by atoms with E-state index in [4.69, 9.17) is 5.11 Å². The number of carbonyl (C=O) groups is 1.